The third kappa shape index (κ3) is 9.38. The molecule has 2 amide bonds. The number of halogens is 3. The van der Waals surface area contributed by atoms with Gasteiger partial charge >= 0.3 is 0 Å². The van der Waals surface area contributed by atoms with Crippen molar-refractivity contribution >= 4 is 23.1 Å². The predicted octanol–water partition coefficient (Wildman–Crippen LogP) is 9.77. The molecule has 0 bridgehead atoms. The number of imidazole rings is 1. The lowest BCUT2D eigenvalue weighted by atomic mass is 9.81. The molecule has 1 aliphatic carbocycles. The minimum atomic E-state index is -2.93. The van der Waals surface area contributed by atoms with Gasteiger partial charge in [0.15, 0.2) is 0 Å². The van der Waals surface area contributed by atoms with Crippen molar-refractivity contribution in [1.82, 2.24) is 20.6 Å². The second-order valence-electron chi connectivity index (χ2n) is 20.2. The molecule has 2 aromatic carbocycles. The zero-order valence-electron chi connectivity index (χ0n) is 35.9. The number of amides is 2. The Hall–Kier alpha value is -4.29. The van der Waals surface area contributed by atoms with Gasteiger partial charge in [-0.2, -0.15) is 0 Å². The van der Waals surface area contributed by atoms with Gasteiger partial charge in [-0.25, -0.2) is 18.2 Å². The van der Waals surface area contributed by atoms with E-state index in [1.807, 2.05) is 27.0 Å². The first-order valence-electron chi connectivity index (χ1n) is 20.9. The Balaban J connectivity index is 0.945. The molecule has 7 atom stereocenters. The van der Waals surface area contributed by atoms with Crippen LogP contribution in [0.25, 0.3) is 16.8 Å². The minimum absolute atomic E-state index is 0.0657. The topological polar surface area (TPSA) is 118 Å². The number of ether oxygens (including phenoxy) is 2. The maximum Gasteiger partial charge on any atom is 0.271 e. The molecule has 318 valence electrons. The summed E-state index contributed by atoms with van der Waals surface area (Å²) >= 11 is 0. The third-order valence-electron chi connectivity index (χ3n) is 12.7. The van der Waals surface area contributed by atoms with Crippen LogP contribution in [0.1, 0.15) is 141 Å². The van der Waals surface area contributed by atoms with Crippen molar-refractivity contribution in [1.29, 1.82) is 0 Å². The number of H-pyrrole nitrogens is 1. The number of hydrogen-bond donors (Lipinski definition) is 3. The summed E-state index contributed by atoms with van der Waals surface area (Å²) in [4.78, 5) is 39.7. The number of alkyl halides is 3. The second-order valence-corrected chi connectivity index (χ2v) is 20.2. The van der Waals surface area contributed by atoms with E-state index in [0.29, 0.717) is 30.5 Å². The number of allylic oxidation sites excluding steroid dienone is 1. The number of nitrogens with zero attached hydrogens (tertiary/aromatic N) is 2. The number of aromatic nitrogens is 2. The van der Waals surface area contributed by atoms with Crippen LogP contribution in [0.4, 0.5) is 13.2 Å². The maximum atomic E-state index is 14.4. The highest BCUT2D eigenvalue weighted by molar-refractivity contribution is 6.04. The second kappa shape index (κ2) is 15.3. The van der Waals surface area contributed by atoms with Crippen LogP contribution in [0, 0.1) is 10.8 Å². The number of benzene rings is 2. The molecule has 0 spiro atoms. The van der Waals surface area contributed by atoms with E-state index in [0.717, 1.165) is 34.5 Å². The summed E-state index contributed by atoms with van der Waals surface area (Å²) in [5.74, 6) is -2.15. The lowest BCUT2D eigenvalue weighted by Crippen LogP contribution is -2.58. The van der Waals surface area contributed by atoms with Gasteiger partial charge in [0.2, 0.25) is 0 Å². The smallest absolute Gasteiger partial charge is 0.271 e. The Morgan fingerprint density at radius 3 is 1.78 bits per heavy atom. The molecule has 3 N–H and O–H groups in total. The van der Waals surface area contributed by atoms with Gasteiger partial charge in [0.05, 0.1) is 30.6 Å². The fourth-order valence-electron chi connectivity index (χ4n) is 8.42. The Labute approximate surface area is 346 Å². The van der Waals surface area contributed by atoms with Gasteiger partial charge in [0.25, 0.3) is 17.7 Å². The molecule has 3 fully saturated rings. The number of rotatable bonds is 10. The summed E-state index contributed by atoms with van der Waals surface area (Å²) in [7, 11) is 0. The molecule has 1 aromatic heterocycles. The zero-order chi connectivity index (χ0) is 42.8. The van der Waals surface area contributed by atoms with E-state index in [2.05, 4.69) is 89.9 Å². The van der Waals surface area contributed by atoms with Crippen LogP contribution in [0.2, 0.25) is 0 Å². The number of aliphatic imine (C=N–C) groups is 1. The van der Waals surface area contributed by atoms with Gasteiger partial charge in [-0.1, -0.05) is 90.1 Å². The van der Waals surface area contributed by atoms with Crippen LogP contribution < -0.4 is 10.6 Å². The SMILES string of the molecule is CC1(F)CC[C@](C)(C(=O)N[C@H](C2=NC=C(c3ccc([C@H]4C[C@@H]4c4ccc(-c5cnc([C@@H](NC(=O)[C@@]6(C)CCC(F)(F)CO6)C(C)(C)C)[nH]5)cc4)cc3)C2)C(C)(C)C)OC1. The number of carbonyl (C=O) groups excluding carboxylic acids is 2. The molecular weight excluding hydrogens is 756 g/mol. The van der Waals surface area contributed by atoms with Crippen molar-refractivity contribution in [3.8, 4) is 11.3 Å². The third-order valence-corrected chi connectivity index (χ3v) is 12.7. The maximum absolute atomic E-state index is 14.4. The standard InChI is InChI=1S/C47H60F3N5O4/c1-42(2,3)37(54-40(56)45(8)19-18-44(7,48)26-58-45)35-22-32(24-51-35)28-10-12-29(13-11-28)33-23-34(33)30-14-16-31(17-15-30)36-25-52-39(53-36)38(43(4,5)6)55-41(57)46(9)20-21-47(49,50)27-59-46/h10-17,24-25,33-34,37-38H,18-23,26-27H2,1-9H3,(H,52,53)(H,54,56)(H,55,57)/t33-,34-,37-,38-,44?,45-,46-/m1/s1. The van der Waals surface area contributed by atoms with Crippen LogP contribution in [0.3, 0.4) is 0 Å². The van der Waals surface area contributed by atoms with E-state index in [1.54, 1.807) is 20.0 Å². The predicted molar refractivity (Wildman–Crippen MR) is 224 cm³/mol. The molecule has 9 nitrogen and oxygen atoms in total. The molecule has 2 saturated heterocycles. The first kappa shape index (κ1) is 42.8. The van der Waals surface area contributed by atoms with Crippen LogP contribution in [0.15, 0.2) is 65.9 Å². The van der Waals surface area contributed by atoms with Crippen molar-refractivity contribution < 1.29 is 32.2 Å². The number of hydrogen-bond acceptors (Lipinski definition) is 6. The fourth-order valence-corrected chi connectivity index (χ4v) is 8.42. The molecule has 3 aromatic rings. The summed E-state index contributed by atoms with van der Waals surface area (Å²) in [6.07, 6.45) is 5.50. The molecule has 4 aliphatic rings. The highest BCUT2D eigenvalue weighted by Crippen LogP contribution is 2.55. The summed E-state index contributed by atoms with van der Waals surface area (Å²) in [5.41, 5.74) is 2.90. The van der Waals surface area contributed by atoms with E-state index in [9.17, 15) is 22.8 Å². The van der Waals surface area contributed by atoms with E-state index in [1.165, 1.54) is 18.1 Å². The highest BCUT2D eigenvalue weighted by atomic mass is 19.3. The van der Waals surface area contributed by atoms with Gasteiger partial charge in [-0.3, -0.25) is 14.6 Å². The molecule has 1 unspecified atom stereocenters. The van der Waals surface area contributed by atoms with Crippen molar-refractivity contribution in [2.45, 2.75) is 148 Å². The number of aromatic amines is 1. The van der Waals surface area contributed by atoms with Crippen LogP contribution in [0.5, 0.6) is 0 Å². The average molecular weight is 816 g/mol. The Morgan fingerprint density at radius 1 is 0.746 bits per heavy atom. The van der Waals surface area contributed by atoms with Crippen LogP contribution in [-0.4, -0.2) is 69.5 Å². The Kier molecular flexibility index (Phi) is 11.1. The summed E-state index contributed by atoms with van der Waals surface area (Å²) in [6, 6.07) is 16.5. The molecular formula is C47H60F3N5O4. The molecule has 4 heterocycles. The Morgan fingerprint density at radius 2 is 1.27 bits per heavy atom. The lowest BCUT2D eigenvalue weighted by molar-refractivity contribution is -0.190. The van der Waals surface area contributed by atoms with Gasteiger partial charge in [-0.05, 0) is 96.9 Å². The van der Waals surface area contributed by atoms with Gasteiger partial charge < -0.3 is 25.1 Å². The van der Waals surface area contributed by atoms with Crippen molar-refractivity contribution in [3.63, 3.8) is 0 Å². The molecule has 0 radical (unpaired) electrons. The van der Waals surface area contributed by atoms with E-state index in [4.69, 9.17) is 14.5 Å². The van der Waals surface area contributed by atoms with Gasteiger partial charge in [-0.15, -0.1) is 0 Å². The lowest BCUT2D eigenvalue weighted by Gasteiger charge is -2.40. The first-order valence-corrected chi connectivity index (χ1v) is 20.9. The quantitative estimate of drug-likeness (QED) is 0.189. The normalized spacial score (nSPS) is 29.2. The van der Waals surface area contributed by atoms with Gasteiger partial charge in [0.1, 0.15) is 29.3 Å². The van der Waals surface area contributed by atoms with E-state index >= 15 is 0 Å². The number of carbonyl (C=O) groups is 2. The molecule has 59 heavy (non-hydrogen) atoms. The summed E-state index contributed by atoms with van der Waals surface area (Å²) in [6.45, 7) is 16.2. The molecule has 7 rings (SSSR count). The van der Waals surface area contributed by atoms with Crippen molar-refractivity contribution in [3.05, 3.63) is 83.4 Å². The zero-order valence-corrected chi connectivity index (χ0v) is 35.9. The first-order chi connectivity index (χ1) is 27.5. The van der Waals surface area contributed by atoms with Gasteiger partial charge in [0, 0.05) is 24.8 Å². The minimum Gasteiger partial charge on any atom is -0.362 e. The average Bonchev–Trinajstić information content (AvgIpc) is 3.56. The molecule has 1 saturated carbocycles. The highest BCUT2D eigenvalue weighted by Gasteiger charge is 2.48. The van der Waals surface area contributed by atoms with E-state index < -0.39 is 53.2 Å². The monoisotopic (exact) mass is 815 g/mol. The van der Waals surface area contributed by atoms with Crippen LogP contribution >= 0.6 is 0 Å². The molecule has 12 heteroatoms. The van der Waals surface area contributed by atoms with Crippen molar-refractivity contribution in [2.24, 2.45) is 15.8 Å². The summed E-state index contributed by atoms with van der Waals surface area (Å²) < 4.78 is 53.1. The largest absolute Gasteiger partial charge is 0.362 e. The van der Waals surface area contributed by atoms with E-state index in [-0.39, 0.29) is 36.8 Å². The molecule has 3 aliphatic heterocycles. The van der Waals surface area contributed by atoms with Crippen LogP contribution in [-0.2, 0) is 19.1 Å². The number of nitrogens with one attached hydrogen (secondary N) is 3. The fraction of sp³-hybridized carbons (Fsp3) is 0.574. The Bertz CT molecular complexity index is 2090. The summed E-state index contributed by atoms with van der Waals surface area (Å²) in [5, 5.41) is 6.25. The van der Waals surface area contributed by atoms with Crippen molar-refractivity contribution in [2.75, 3.05) is 13.2 Å².